The second-order valence-electron chi connectivity index (χ2n) is 10.0. The van der Waals surface area contributed by atoms with Gasteiger partial charge in [-0.05, 0) is 50.4 Å². The van der Waals surface area contributed by atoms with E-state index in [1.165, 1.54) is 0 Å². The molecule has 0 aromatic heterocycles. The van der Waals surface area contributed by atoms with Crippen LogP contribution in [-0.2, 0) is 18.6 Å². The molecule has 8 heteroatoms. The van der Waals surface area contributed by atoms with Crippen molar-refractivity contribution in [2.24, 2.45) is 5.41 Å². The number of hydrogen-bond donors (Lipinski definition) is 3. The van der Waals surface area contributed by atoms with Crippen molar-refractivity contribution in [1.29, 1.82) is 0 Å². The largest absolute Gasteiger partial charge is 0.391 e. The molecule has 39 heavy (non-hydrogen) atoms. The van der Waals surface area contributed by atoms with E-state index in [0.717, 1.165) is 57.0 Å². The van der Waals surface area contributed by atoms with E-state index in [0.29, 0.717) is 18.7 Å². The highest BCUT2D eigenvalue weighted by Crippen LogP contribution is 2.18. The van der Waals surface area contributed by atoms with Crippen LogP contribution in [0.1, 0.15) is 85.5 Å². The third-order valence-corrected chi connectivity index (χ3v) is 5.96. The number of unbranched alkanes of at least 4 members (excludes halogenated alkanes) is 1. The van der Waals surface area contributed by atoms with Crippen molar-refractivity contribution in [3.63, 3.8) is 0 Å². The van der Waals surface area contributed by atoms with Gasteiger partial charge in [-0.15, -0.1) is 0 Å². The standard InChI is InChI=1S/C31H50N2O5S/c1-5-6-7-8-9-10-11-12-13-14-15-16-17-18-19-20-21-22-28(35)38-39-26-25-32-27(34)23-24-33-30(37)29(36)31(2,3)4/h6-7,9-10,12-13,15-16,18-19,29,36H,5,8,11,14,17,20-26H2,1-4H3,(H,32,34)(H,33,37)/b7-6-,10-9-,13-12-,16-15-,19-18-/t29-/m0/s1. The normalized spacial score (nSPS) is 13.3. The lowest BCUT2D eigenvalue weighted by atomic mass is 9.89. The lowest BCUT2D eigenvalue weighted by molar-refractivity contribution is -0.135. The molecule has 2 amide bonds. The maximum absolute atomic E-state index is 11.8. The van der Waals surface area contributed by atoms with Crippen LogP contribution in [0.5, 0.6) is 0 Å². The van der Waals surface area contributed by atoms with Crippen LogP contribution in [0.15, 0.2) is 60.8 Å². The molecule has 0 unspecified atom stereocenters. The van der Waals surface area contributed by atoms with E-state index in [1.54, 1.807) is 20.8 Å². The zero-order valence-electron chi connectivity index (χ0n) is 24.3. The topological polar surface area (TPSA) is 105 Å². The van der Waals surface area contributed by atoms with Crippen molar-refractivity contribution in [2.45, 2.75) is 91.6 Å². The number of carbonyl (C=O) groups is 3. The summed E-state index contributed by atoms with van der Waals surface area (Å²) in [4.78, 5) is 35.4. The molecule has 0 bridgehead atoms. The van der Waals surface area contributed by atoms with Crippen molar-refractivity contribution in [1.82, 2.24) is 10.6 Å². The zero-order valence-corrected chi connectivity index (χ0v) is 25.1. The Bertz CT molecular complexity index is 825. The number of amides is 2. The molecule has 0 spiro atoms. The van der Waals surface area contributed by atoms with E-state index in [9.17, 15) is 19.5 Å². The molecule has 0 radical (unpaired) electrons. The van der Waals surface area contributed by atoms with Gasteiger partial charge >= 0.3 is 5.97 Å². The fraction of sp³-hybridized carbons (Fsp3) is 0.581. The summed E-state index contributed by atoms with van der Waals surface area (Å²) in [7, 11) is 0. The van der Waals surface area contributed by atoms with Gasteiger partial charge in [0, 0.05) is 31.7 Å². The first-order valence-corrected chi connectivity index (χ1v) is 14.9. The predicted molar refractivity (Wildman–Crippen MR) is 163 cm³/mol. The highest BCUT2D eigenvalue weighted by Gasteiger charge is 2.28. The quantitative estimate of drug-likeness (QED) is 0.0883. The smallest absolute Gasteiger partial charge is 0.317 e. The molecule has 0 aliphatic heterocycles. The van der Waals surface area contributed by atoms with E-state index in [4.69, 9.17) is 4.18 Å². The molecular weight excluding hydrogens is 512 g/mol. The van der Waals surface area contributed by atoms with Crippen molar-refractivity contribution < 1.29 is 23.7 Å². The molecule has 0 aromatic rings. The molecule has 0 aliphatic carbocycles. The first kappa shape index (κ1) is 36.4. The van der Waals surface area contributed by atoms with Crippen LogP contribution in [0.25, 0.3) is 0 Å². The van der Waals surface area contributed by atoms with Gasteiger partial charge in [-0.2, -0.15) is 0 Å². The summed E-state index contributed by atoms with van der Waals surface area (Å²) in [5.74, 6) is -0.524. The molecule has 0 fully saturated rings. The average Bonchev–Trinajstić information content (AvgIpc) is 2.89. The number of allylic oxidation sites excluding steroid dienone is 10. The van der Waals surface area contributed by atoms with E-state index in [1.807, 2.05) is 0 Å². The summed E-state index contributed by atoms with van der Waals surface area (Å²) in [6.07, 6.45) is 27.4. The molecule has 0 rings (SSSR count). The van der Waals surface area contributed by atoms with Gasteiger partial charge in [0.05, 0.1) is 12.0 Å². The molecule has 1 atom stereocenters. The summed E-state index contributed by atoms with van der Waals surface area (Å²) in [5, 5.41) is 15.1. The van der Waals surface area contributed by atoms with Crippen molar-refractivity contribution >= 4 is 29.8 Å². The first-order valence-electron chi connectivity index (χ1n) is 14.0. The highest BCUT2D eigenvalue weighted by molar-refractivity contribution is 7.95. The van der Waals surface area contributed by atoms with Crippen molar-refractivity contribution in [2.75, 3.05) is 18.8 Å². The van der Waals surface area contributed by atoms with Gasteiger partial charge in [0.1, 0.15) is 6.10 Å². The van der Waals surface area contributed by atoms with Crippen LogP contribution in [-0.4, -0.2) is 47.8 Å². The number of rotatable bonds is 21. The lowest BCUT2D eigenvalue weighted by Gasteiger charge is -2.24. The molecular formula is C31H50N2O5S. The van der Waals surface area contributed by atoms with E-state index in [-0.39, 0.29) is 24.8 Å². The van der Waals surface area contributed by atoms with Crippen molar-refractivity contribution in [3.8, 4) is 0 Å². The molecule has 0 aliphatic rings. The van der Waals surface area contributed by atoms with E-state index >= 15 is 0 Å². The molecule has 0 aromatic carbocycles. The minimum absolute atomic E-state index is 0.114. The maximum atomic E-state index is 11.8. The third kappa shape index (κ3) is 24.2. The minimum atomic E-state index is -1.13. The van der Waals surface area contributed by atoms with Crippen molar-refractivity contribution in [3.05, 3.63) is 60.8 Å². The second-order valence-corrected chi connectivity index (χ2v) is 10.8. The van der Waals surface area contributed by atoms with E-state index in [2.05, 4.69) is 78.3 Å². The van der Waals surface area contributed by atoms with Gasteiger partial charge in [-0.1, -0.05) is 88.5 Å². The fourth-order valence-electron chi connectivity index (χ4n) is 2.99. The molecule has 7 nitrogen and oxygen atoms in total. The van der Waals surface area contributed by atoms with Crippen LogP contribution in [0.4, 0.5) is 0 Å². The first-order chi connectivity index (χ1) is 18.7. The lowest BCUT2D eigenvalue weighted by Crippen LogP contribution is -2.43. The molecule has 220 valence electrons. The van der Waals surface area contributed by atoms with Crippen LogP contribution >= 0.6 is 12.0 Å². The average molecular weight is 563 g/mol. The monoisotopic (exact) mass is 562 g/mol. The second kappa shape index (κ2) is 24.5. The minimum Gasteiger partial charge on any atom is -0.391 e. The maximum Gasteiger partial charge on any atom is 0.317 e. The summed E-state index contributed by atoms with van der Waals surface area (Å²) < 4.78 is 5.12. The van der Waals surface area contributed by atoms with Crippen LogP contribution in [0.2, 0.25) is 0 Å². The number of hydrogen-bond acceptors (Lipinski definition) is 6. The molecule has 3 N–H and O–H groups in total. The number of carbonyl (C=O) groups excluding carboxylic acids is 3. The Morgan fingerprint density at radius 2 is 1.33 bits per heavy atom. The Balaban J connectivity index is 3.65. The Kier molecular flexibility index (Phi) is 22.8. The Morgan fingerprint density at radius 1 is 0.795 bits per heavy atom. The van der Waals surface area contributed by atoms with Crippen LogP contribution in [0, 0.1) is 5.41 Å². The van der Waals surface area contributed by atoms with Gasteiger partial charge in [-0.25, -0.2) is 0 Å². The summed E-state index contributed by atoms with van der Waals surface area (Å²) >= 11 is 1.02. The Labute approximate surface area is 240 Å². The zero-order chi connectivity index (χ0) is 29.2. The Hall–Kier alpha value is -2.58. The van der Waals surface area contributed by atoms with Gasteiger partial charge in [-0.3, -0.25) is 14.4 Å². The van der Waals surface area contributed by atoms with Gasteiger partial charge in [0.25, 0.3) is 0 Å². The molecule has 0 heterocycles. The summed E-state index contributed by atoms with van der Waals surface area (Å²) in [6, 6.07) is 0. The summed E-state index contributed by atoms with van der Waals surface area (Å²) in [5.41, 5.74) is -0.559. The van der Waals surface area contributed by atoms with Crippen LogP contribution < -0.4 is 10.6 Å². The van der Waals surface area contributed by atoms with Crippen LogP contribution in [0.3, 0.4) is 0 Å². The number of aliphatic hydroxyl groups is 1. The highest BCUT2D eigenvalue weighted by atomic mass is 32.2. The van der Waals surface area contributed by atoms with Gasteiger partial charge in [0.15, 0.2) is 0 Å². The number of aliphatic hydroxyl groups excluding tert-OH is 1. The fourth-order valence-corrected chi connectivity index (χ4v) is 3.48. The number of nitrogens with one attached hydrogen (secondary N) is 2. The SMILES string of the molecule is CC/C=C\C/C=C\C/C=C\C/C=C\C/C=C\CCCC(=O)OSCCNC(=O)CCNC(=O)[C@H](O)C(C)(C)C. The molecule has 0 saturated carbocycles. The molecule has 0 saturated heterocycles. The van der Waals surface area contributed by atoms with E-state index < -0.39 is 17.4 Å². The summed E-state index contributed by atoms with van der Waals surface area (Å²) in [6.45, 7) is 7.94. The predicted octanol–water partition coefficient (Wildman–Crippen LogP) is 6.13. The van der Waals surface area contributed by atoms with Gasteiger partial charge in [0.2, 0.25) is 11.8 Å². The van der Waals surface area contributed by atoms with Gasteiger partial charge < -0.3 is 19.9 Å². The third-order valence-electron chi connectivity index (χ3n) is 5.29. The Morgan fingerprint density at radius 3 is 1.87 bits per heavy atom.